The quantitative estimate of drug-likeness (QED) is 0.242. The molecule has 2 fully saturated rings. The zero-order valence-corrected chi connectivity index (χ0v) is 23.7. The molecule has 2 aliphatic heterocycles. The number of fused-ring (bicyclic) bond motifs is 7. The van der Waals surface area contributed by atoms with Crippen LogP contribution in [0.3, 0.4) is 0 Å². The minimum atomic E-state index is 0.222. The molecule has 1 N–H and O–H groups in total. The number of hydrogen-bond acceptors (Lipinski definition) is 3. The topological polar surface area (TPSA) is 42.7 Å². The summed E-state index contributed by atoms with van der Waals surface area (Å²) in [5.41, 5.74) is 6.97. The summed E-state index contributed by atoms with van der Waals surface area (Å²) in [4.78, 5) is 10.5. The van der Waals surface area contributed by atoms with Crippen LogP contribution in [0.25, 0.3) is 60.7 Å². The van der Waals surface area contributed by atoms with Crippen molar-refractivity contribution >= 4 is 43.5 Å². The SMILES string of the molecule is CC1(c2ccc(-c3nc(-n4c5ccccc5c5cc6ccccc6cc54)nc4ccccc34)cc2)CC2CC[C@H](C1)N2. The van der Waals surface area contributed by atoms with E-state index in [9.17, 15) is 0 Å². The molecule has 0 saturated carbocycles. The van der Waals surface area contributed by atoms with Crippen LogP contribution >= 0.6 is 0 Å². The Morgan fingerprint density at radius 3 is 2.12 bits per heavy atom. The van der Waals surface area contributed by atoms with Crippen LogP contribution < -0.4 is 5.32 Å². The molecule has 204 valence electrons. The molecule has 0 amide bonds. The van der Waals surface area contributed by atoms with Gasteiger partial charge in [-0.25, -0.2) is 9.97 Å². The highest BCUT2D eigenvalue weighted by Crippen LogP contribution is 2.43. The lowest BCUT2D eigenvalue weighted by Gasteiger charge is -2.39. The van der Waals surface area contributed by atoms with E-state index in [4.69, 9.17) is 9.97 Å². The Balaban J connectivity index is 1.24. The number of benzene rings is 5. The minimum absolute atomic E-state index is 0.222. The number of piperidine rings is 1. The molecule has 2 bridgehead atoms. The summed E-state index contributed by atoms with van der Waals surface area (Å²) < 4.78 is 2.24. The van der Waals surface area contributed by atoms with E-state index in [2.05, 4.69) is 126 Å². The molecule has 3 atom stereocenters. The van der Waals surface area contributed by atoms with Gasteiger partial charge in [-0.15, -0.1) is 0 Å². The fourth-order valence-corrected chi connectivity index (χ4v) is 7.92. The van der Waals surface area contributed by atoms with Crippen molar-refractivity contribution in [2.45, 2.75) is 50.1 Å². The van der Waals surface area contributed by atoms with Gasteiger partial charge in [0.2, 0.25) is 5.95 Å². The summed E-state index contributed by atoms with van der Waals surface area (Å²) in [6.45, 7) is 2.46. The van der Waals surface area contributed by atoms with Crippen LogP contribution in [0.5, 0.6) is 0 Å². The Morgan fingerprint density at radius 1 is 0.667 bits per heavy atom. The van der Waals surface area contributed by atoms with Gasteiger partial charge in [-0.2, -0.15) is 0 Å². The predicted octanol–water partition coefficient (Wildman–Crippen LogP) is 8.72. The fourth-order valence-electron chi connectivity index (χ4n) is 7.92. The average Bonchev–Trinajstić information content (AvgIpc) is 3.55. The van der Waals surface area contributed by atoms with Crippen molar-refractivity contribution in [3.63, 3.8) is 0 Å². The van der Waals surface area contributed by atoms with Crippen molar-refractivity contribution in [2.24, 2.45) is 0 Å². The molecule has 0 spiro atoms. The van der Waals surface area contributed by atoms with Gasteiger partial charge in [-0.05, 0) is 71.7 Å². The summed E-state index contributed by atoms with van der Waals surface area (Å²) in [6.07, 6.45) is 5.05. The first-order chi connectivity index (χ1) is 20.6. The van der Waals surface area contributed by atoms with E-state index >= 15 is 0 Å². The van der Waals surface area contributed by atoms with Gasteiger partial charge in [-0.1, -0.05) is 91.9 Å². The van der Waals surface area contributed by atoms with Crippen molar-refractivity contribution in [3.05, 3.63) is 115 Å². The Kier molecular flexibility index (Phi) is 5.15. The monoisotopic (exact) mass is 544 g/mol. The highest BCUT2D eigenvalue weighted by atomic mass is 15.2. The summed E-state index contributed by atoms with van der Waals surface area (Å²) in [6, 6.07) is 40.7. The van der Waals surface area contributed by atoms with Crippen LogP contribution in [0.15, 0.2) is 109 Å². The third kappa shape index (κ3) is 3.65. The largest absolute Gasteiger partial charge is 0.311 e. The van der Waals surface area contributed by atoms with Gasteiger partial charge in [-0.3, -0.25) is 4.57 Å². The maximum absolute atomic E-state index is 5.33. The predicted molar refractivity (Wildman–Crippen MR) is 173 cm³/mol. The summed E-state index contributed by atoms with van der Waals surface area (Å²) in [5, 5.41) is 9.77. The van der Waals surface area contributed by atoms with Gasteiger partial charge < -0.3 is 5.32 Å². The Bertz CT molecular complexity index is 2140. The van der Waals surface area contributed by atoms with Crippen molar-refractivity contribution in [3.8, 4) is 17.2 Å². The third-order valence-corrected chi connectivity index (χ3v) is 9.92. The summed E-state index contributed by atoms with van der Waals surface area (Å²) in [7, 11) is 0. The number of rotatable bonds is 3. The second-order valence-electron chi connectivity index (χ2n) is 12.6. The number of para-hydroxylation sites is 2. The van der Waals surface area contributed by atoms with Gasteiger partial charge in [0.05, 0.1) is 22.2 Å². The molecule has 2 aliphatic rings. The van der Waals surface area contributed by atoms with Crippen LogP contribution in [0, 0.1) is 0 Å². The number of hydrogen-bond donors (Lipinski definition) is 1. The van der Waals surface area contributed by atoms with Crippen molar-refractivity contribution in [2.75, 3.05) is 0 Å². The van der Waals surface area contributed by atoms with Crippen molar-refractivity contribution < 1.29 is 0 Å². The first-order valence-corrected chi connectivity index (χ1v) is 15.2. The second kappa shape index (κ2) is 8.98. The van der Waals surface area contributed by atoms with Gasteiger partial charge in [0.1, 0.15) is 0 Å². The lowest BCUT2D eigenvalue weighted by atomic mass is 9.72. The van der Waals surface area contributed by atoms with Crippen LogP contribution in [-0.4, -0.2) is 26.6 Å². The molecule has 2 aromatic heterocycles. The Labute approximate surface area is 245 Å². The normalized spacial score (nSPS) is 22.0. The smallest absolute Gasteiger partial charge is 0.235 e. The molecule has 0 aliphatic carbocycles. The van der Waals surface area contributed by atoms with E-state index in [0.29, 0.717) is 18.0 Å². The van der Waals surface area contributed by atoms with Crippen molar-refractivity contribution in [1.82, 2.24) is 19.9 Å². The zero-order valence-electron chi connectivity index (χ0n) is 23.7. The Morgan fingerprint density at radius 2 is 1.33 bits per heavy atom. The third-order valence-electron chi connectivity index (χ3n) is 9.92. The molecular formula is C38H32N4. The Hall–Kier alpha value is -4.54. The number of nitrogens with one attached hydrogen (secondary N) is 1. The molecule has 0 radical (unpaired) electrons. The van der Waals surface area contributed by atoms with E-state index in [1.165, 1.54) is 52.8 Å². The fraction of sp³-hybridized carbons (Fsp3) is 0.211. The van der Waals surface area contributed by atoms with E-state index < -0.39 is 0 Å². The maximum atomic E-state index is 5.33. The van der Waals surface area contributed by atoms with Crippen molar-refractivity contribution in [1.29, 1.82) is 0 Å². The van der Waals surface area contributed by atoms with Gasteiger partial charge >= 0.3 is 0 Å². The molecule has 42 heavy (non-hydrogen) atoms. The standard InChI is InChI=1S/C38H32N4/c1-38(22-28-18-19-29(23-38)39-28)27-16-14-24(15-17-27)36-31-11-4-6-12-33(31)40-37(41-36)42-34-13-7-5-10-30(34)32-20-25-8-2-3-9-26(25)21-35(32)42/h2-17,20-21,28-29,39H,18-19,22-23H2,1H3/t28-,29?,38?/m1/s1. The maximum Gasteiger partial charge on any atom is 0.235 e. The highest BCUT2D eigenvalue weighted by molar-refractivity contribution is 6.13. The van der Waals surface area contributed by atoms with Crippen LogP contribution in [0.2, 0.25) is 0 Å². The van der Waals surface area contributed by atoms with E-state index in [1.807, 2.05) is 0 Å². The van der Waals surface area contributed by atoms with Gasteiger partial charge in [0.15, 0.2) is 0 Å². The van der Waals surface area contributed by atoms with Crippen LogP contribution in [-0.2, 0) is 5.41 Å². The van der Waals surface area contributed by atoms with E-state index in [0.717, 1.165) is 33.2 Å². The first kappa shape index (κ1) is 24.1. The first-order valence-electron chi connectivity index (χ1n) is 15.2. The summed E-state index contributed by atoms with van der Waals surface area (Å²) in [5.74, 6) is 0.705. The number of aromatic nitrogens is 3. The molecule has 7 aromatic rings. The highest BCUT2D eigenvalue weighted by Gasteiger charge is 2.41. The van der Waals surface area contributed by atoms with E-state index in [1.54, 1.807) is 0 Å². The summed E-state index contributed by atoms with van der Waals surface area (Å²) >= 11 is 0. The molecule has 5 aromatic carbocycles. The second-order valence-corrected chi connectivity index (χ2v) is 12.6. The van der Waals surface area contributed by atoms with Crippen LogP contribution in [0.1, 0.15) is 38.2 Å². The van der Waals surface area contributed by atoms with Crippen LogP contribution in [0.4, 0.5) is 0 Å². The molecule has 9 rings (SSSR count). The van der Waals surface area contributed by atoms with E-state index in [-0.39, 0.29) is 5.41 Å². The van der Waals surface area contributed by atoms with Gasteiger partial charge in [0, 0.05) is 33.8 Å². The molecule has 2 unspecified atom stereocenters. The molecular weight excluding hydrogens is 512 g/mol. The average molecular weight is 545 g/mol. The molecule has 4 nitrogen and oxygen atoms in total. The number of nitrogens with zero attached hydrogens (tertiary/aromatic N) is 3. The lowest BCUT2D eigenvalue weighted by Crippen LogP contribution is -2.45. The molecule has 2 saturated heterocycles. The zero-order chi connectivity index (χ0) is 27.8. The van der Waals surface area contributed by atoms with Gasteiger partial charge in [0.25, 0.3) is 0 Å². The molecule has 4 heterocycles. The molecule has 4 heteroatoms. The minimum Gasteiger partial charge on any atom is -0.311 e. The lowest BCUT2D eigenvalue weighted by molar-refractivity contribution is 0.268.